The van der Waals surface area contributed by atoms with Gasteiger partial charge < -0.3 is 10.6 Å². The van der Waals surface area contributed by atoms with E-state index in [2.05, 4.69) is 36.8 Å². The van der Waals surface area contributed by atoms with Crippen molar-refractivity contribution in [1.29, 1.82) is 0 Å². The van der Waals surface area contributed by atoms with Gasteiger partial charge in [0.15, 0.2) is 0 Å². The zero-order valence-corrected chi connectivity index (χ0v) is 13.5. The van der Waals surface area contributed by atoms with Gasteiger partial charge in [0, 0.05) is 36.6 Å². The fourth-order valence-corrected chi connectivity index (χ4v) is 4.16. The summed E-state index contributed by atoms with van der Waals surface area (Å²) in [6.07, 6.45) is 0.985. The number of piperazine rings is 1. The Balaban J connectivity index is 2.22. The Labute approximate surface area is 125 Å². The van der Waals surface area contributed by atoms with Crippen molar-refractivity contribution in [2.75, 3.05) is 26.7 Å². The van der Waals surface area contributed by atoms with Crippen molar-refractivity contribution in [3.05, 3.63) is 21.3 Å². The van der Waals surface area contributed by atoms with Crippen LogP contribution in [0, 0.1) is 0 Å². The van der Waals surface area contributed by atoms with E-state index in [1.807, 2.05) is 6.07 Å². The third-order valence-corrected chi connectivity index (χ3v) is 5.30. The third-order valence-electron chi connectivity index (χ3n) is 4.00. The molecule has 3 unspecified atom stereocenters. The summed E-state index contributed by atoms with van der Waals surface area (Å²) in [5.41, 5.74) is 6.39. The molecule has 3 nitrogen and oxygen atoms in total. The Bertz CT molecular complexity index is 409. The van der Waals surface area contributed by atoms with Crippen LogP contribution in [0.2, 0.25) is 4.34 Å². The van der Waals surface area contributed by atoms with Crippen molar-refractivity contribution >= 4 is 22.9 Å². The Kier molecular flexibility index (Phi) is 5.26. The van der Waals surface area contributed by atoms with E-state index in [0.29, 0.717) is 12.1 Å². The molecule has 1 aliphatic heterocycles. The van der Waals surface area contributed by atoms with Crippen molar-refractivity contribution in [3.63, 3.8) is 0 Å². The molecule has 108 valence electrons. The second kappa shape index (κ2) is 6.55. The third kappa shape index (κ3) is 3.50. The molecule has 0 amide bonds. The highest BCUT2D eigenvalue weighted by atomic mass is 35.5. The standard InChI is InChI=1S/C14H24ClN3S/c1-4-11(16)14(12-5-6-13(15)19-12)18-8-7-17(3)9-10(18)2/h5-6,10-11,14H,4,7-9,16H2,1-3H3. The van der Waals surface area contributed by atoms with Gasteiger partial charge >= 0.3 is 0 Å². The smallest absolute Gasteiger partial charge is 0.0931 e. The van der Waals surface area contributed by atoms with Gasteiger partial charge in [-0.1, -0.05) is 18.5 Å². The van der Waals surface area contributed by atoms with E-state index in [9.17, 15) is 0 Å². The van der Waals surface area contributed by atoms with Crippen LogP contribution < -0.4 is 5.73 Å². The highest BCUT2D eigenvalue weighted by Crippen LogP contribution is 2.34. The molecule has 0 saturated carbocycles. The maximum absolute atomic E-state index is 6.39. The predicted molar refractivity (Wildman–Crippen MR) is 84.0 cm³/mol. The van der Waals surface area contributed by atoms with Gasteiger partial charge in [-0.05, 0) is 32.5 Å². The summed E-state index contributed by atoms with van der Waals surface area (Å²) in [4.78, 5) is 6.24. The Morgan fingerprint density at radius 3 is 2.74 bits per heavy atom. The van der Waals surface area contributed by atoms with Gasteiger partial charge in [0.25, 0.3) is 0 Å². The molecule has 0 aromatic carbocycles. The second-order valence-corrected chi connectivity index (χ2v) is 7.25. The fraction of sp³-hybridized carbons (Fsp3) is 0.714. The quantitative estimate of drug-likeness (QED) is 0.928. The molecule has 0 bridgehead atoms. The first kappa shape index (κ1) is 15.3. The molecule has 2 heterocycles. The molecular weight excluding hydrogens is 278 g/mol. The van der Waals surface area contributed by atoms with E-state index in [0.717, 1.165) is 30.4 Å². The average Bonchev–Trinajstić information content (AvgIpc) is 2.78. The highest BCUT2D eigenvalue weighted by Gasteiger charge is 2.33. The van der Waals surface area contributed by atoms with Crippen LogP contribution >= 0.6 is 22.9 Å². The van der Waals surface area contributed by atoms with Gasteiger partial charge in [-0.2, -0.15) is 0 Å². The normalized spacial score (nSPS) is 25.4. The Hall–Kier alpha value is -0.130. The van der Waals surface area contributed by atoms with Crippen LogP contribution in [0.1, 0.15) is 31.2 Å². The minimum absolute atomic E-state index is 0.167. The molecular formula is C14H24ClN3S. The molecule has 2 N–H and O–H groups in total. The van der Waals surface area contributed by atoms with Crippen LogP contribution in [0.15, 0.2) is 12.1 Å². The number of rotatable bonds is 4. The first-order valence-electron chi connectivity index (χ1n) is 6.98. The molecule has 1 aromatic heterocycles. The summed E-state index contributed by atoms with van der Waals surface area (Å²) >= 11 is 7.77. The van der Waals surface area contributed by atoms with Gasteiger partial charge in [-0.15, -0.1) is 11.3 Å². The monoisotopic (exact) mass is 301 g/mol. The Morgan fingerprint density at radius 2 is 2.21 bits per heavy atom. The zero-order valence-electron chi connectivity index (χ0n) is 12.0. The molecule has 1 fully saturated rings. The number of halogens is 1. The van der Waals surface area contributed by atoms with Crippen LogP contribution in [0.25, 0.3) is 0 Å². The van der Waals surface area contributed by atoms with Crippen LogP contribution in [0.5, 0.6) is 0 Å². The molecule has 0 spiro atoms. The zero-order chi connectivity index (χ0) is 14.0. The van der Waals surface area contributed by atoms with Crippen molar-refractivity contribution in [2.24, 2.45) is 5.73 Å². The summed E-state index contributed by atoms with van der Waals surface area (Å²) in [5.74, 6) is 0. The molecule has 3 atom stereocenters. The van der Waals surface area contributed by atoms with Crippen LogP contribution in [0.3, 0.4) is 0 Å². The lowest BCUT2D eigenvalue weighted by Crippen LogP contribution is -2.54. The molecule has 1 aliphatic rings. The minimum Gasteiger partial charge on any atom is -0.326 e. The van der Waals surface area contributed by atoms with Crippen molar-refractivity contribution in [3.8, 4) is 0 Å². The number of hydrogen-bond donors (Lipinski definition) is 1. The van der Waals surface area contributed by atoms with E-state index in [1.54, 1.807) is 11.3 Å². The lowest BCUT2D eigenvalue weighted by molar-refractivity contribution is 0.0506. The minimum atomic E-state index is 0.167. The summed E-state index contributed by atoms with van der Waals surface area (Å²) in [5, 5.41) is 0. The fourth-order valence-electron chi connectivity index (χ4n) is 2.90. The van der Waals surface area contributed by atoms with Crippen LogP contribution in [-0.2, 0) is 0 Å². The highest BCUT2D eigenvalue weighted by molar-refractivity contribution is 7.16. The van der Waals surface area contributed by atoms with E-state index >= 15 is 0 Å². The summed E-state index contributed by atoms with van der Waals surface area (Å²) < 4.78 is 0.852. The molecule has 5 heteroatoms. The number of nitrogens with zero attached hydrogens (tertiary/aromatic N) is 2. The van der Waals surface area contributed by atoms with Crippen LogP contribution in [0.4, 0.5) is 0 Å². The molecule has 0 aliphatic carbocycles. The summed E-state index contributed by atoms with van der Waals surface area (Å²) in [6, 6.07) is 5.12. The van der Waals surface area contributed by atoms with Crippen molar-refractivity contribution in [2.45, 2.75) is 38.4 Å². The van der Waals surface area contributed by atoms with E-state index in [-0.39, 0.29) is 6.04 Å². The predicted octanol–water partition coefficient (Wildman–Crippen LogP) is 2.82. The first-order chi connectivity index (χ1) is 9.02. The van der Waals surface area contributed by atoms with Gasteiger partial charge in [0.1, 0.15) is 0 Å². The first-order valence-corrected chi connectivity index (χ1v) is 8.17. The van der Waals surface area contributed by atoms with Crippen molar-refractivity contribution in [1.82, 2.24) is 9.80 Å². The maximum atomic E-state index is 6.39. The van der Waals surface area contributed by atoms with E-state index in [4.69, 9.17) is 17.3 Å². The average molecular weight is 302 g/mol. The largest absolute Gasteiger partial charge is 0.326 e. The SMILES string of the molecule is CCC(N)C(c1ccc(Cl)s1)N1CCN(C)CC1C. The Morgan fingerprint density at radius 1 is 1.47 bits per heavy atom. The topological polar surface area (TPSA) is 32.5 Å². The summed E-state index contributed by atoms with van der Waals surface area (Å²) in [6.45, 7) is 7.74. The van der Waals surface area contributed by atoms with Gasteiger partial charge in [-0.3, -0.25) is 4.90 Å². The molecule has 0 radical (unpaired) electrons. The van der Waals surface area contributed by atoms with E-state index in [1.165, 1.54) is 4.88 Å². The molecule has 1 saturated heterocycles. The van der Waals surface area contributed by atoms with Gasteiger partial charge in [0.2, 0.25) is 0 Å². The van der Waals surface area contributed by atoms with Gasteiger partial charge in [0.05, 0.1) is 10.4 Å². The number of likely N-dealkylation sites (N-methyl/N-ethyl adjacent to an activating group) is 1. The molecule has 2 rings (SSSR count). The van der Waals surface area contributed by atoms with Crippen molar-refractivity contribution < 1.29 is 0 Å². The lowest BCUT2D eigenvalue weighted by Gasteiger charge is -2.44. The number of thiophene rings is 1. The lowest BCUT2D eigenvalue weighted by atomic mass is 10.00. The maximum Gasteiger partial charge on any atom is 0.0931 e. The van der Waals surface area contributed by atoms with E-state index < -0.39 is 0 Å². The van der Waals surface area contributed by atoms with Gasteiger partial charge in [-0.25, -0.2) is 0 Å². The number of nitrogens with two attached hydrogens (primary N) is 1. The second-order valence-electron chi connectivity index (χ2n) is 5.51. The molecule has 1 aromatic rings. The number of hydrogen-bond acceptors (Lipinski definition) is 4. The summed E-state index contributed by atoms with van der Waals surface area (Å²) in [7, 11) is 2.19. The molecule has 19 heavy (non-hydrogen) atoms. The van der Waals surface area contributed by atoms with Crippen LogP contribution in [-0.4, -0.2) is 48.6 Å².